The van der Waals surface area contributed by atoms with Gasteiger partial charge in [0, 0.05) is 49.3 Å². The fourth-order valence-electron chi connectivity index (χ4n) is 5.63. The second-order valence-electron chi connectivity index (χ2n) is 9.48. The first-order valence-corrected chi connectivity index (χ1v) is 12.2. The number of carbonyl (C=O) groups is 3. The fourth-order valence-corrected chi connectivity index (χ4v) is 5.63. The summed E-state index contributed by atoms with van der Waals surface area (Å²) in [6.07, 6.45) is 5.53. The van der Waals surface area contributed by atoms with Crippen LogP contribution in [-0.2, 0) is 27.2 Å². The lowest BCUT2D eigenvalue weighted by Gasteiger charge is -2.46. The normalized spacial score (nSPS) is 19.4. The zero-order chi connectivity index (χ0) is 25.7. The molecule has 9 nitrogen and oxygen atoms in total. The molecule has 1 spiro atoms. The Morgan fingerprint density at radius 3 is 2.67 bits per heavy atom. The van der Waals surface area contributed by atoms with E-state index in [2.05, 4.69) is 52.2 Å². The number of rotatable bonds is 5. The van der Waals surface area contributed by atoms with Crippen LogP contribution in [0.25, 0.3) is 10.9 Å². The van der Waals surface area contributed by atoms with Crippen molar-refractivity contribution in [3.8, 4) is 0 Å². The Morgan fingerprint density at radius 2 is 1.92 bits per heavy atom. The number of primary amides is 1. The number of nitrogens with zero attached hydrogens (tertiary/aromatic N) is 2. The Labute approximate surface area is 210 Å². The SMILES string of the molecule is CN1c2ccccc2CC12CCCN(C(=O)C(Cc1c[nH]c3ccccc13)NC(=O)CN)C2.NC=O. The number of fused-ring (bicyclic) bond motifs is 2. The molecule has 2 unspecified atom stereocenters. The average Bonchev–Trinajstić information content (AvgIpc) is 3.42. The number of aromatic amines is 1. The van der Waals surface area contributed by atoms with Crippen LogP contribution in [-0.4, -0.2) is 66.4 Å². The van der Waals surface area contributed by atoms with Gasteiger partial charge in [0.25, 0.3) is 0 Å². The van der Waals surface area contributed by atoms with Crippen LogP contribution < -0.4 is 21.7 Å². The van der Waals surface area contributed by atoms with Gasteiger partial charge in [-0.15, -0.1) is 0 Å². The molecule has 5 rings (SSSR count). The van der Waals surface area contributed by atoms with Crippen LogP contribution in [0.4, 0.5) is 5.69 Å². The molecule has 0 bridgehead atoms. The molecule has 3 amide bonds. The summed E-state index contributed by atoms with van der Waals surface area (Å²) >= 11 is 0. The molecule has 0 radical (unpaired) electrons. The number of likely N-dealkylation sites (tertiary alicyclic amines) is 1. The first kappa shape index (κ1) is 25.2. The lowest BCUT2D eigenvalue weighted by atomic mass is 9.85. The van der Waals surface area contributed by atoms with Gasteiger partial charge in [0.05, 0.1) is 12.1 Å². The second-order valence-corrected chi connectivity index (χ2v) is 9.48. The number of likely N-dealkylation sites (N-methyl/N-ethyl adjacent to an activating group) is 1. The largest absolute Gasteiger partial charge is 0.372 e. The standard InChI is InChI=1S/C26H31N5O2.CH3NO/c1-30-23-10-5-2-7-18(23)14-26(30)11-6-12-31(17-26)25(33)22(29-24(32)15-27)13-19-16-28-21-9-4-3-8-20(19)21;2-1-3/h2-5,7-10,16,22,28H,6,11-15,17,27H2,1H3,(H,29,32);1H,(H2,2,3). The Bertz CT molecular complexity index is 1240. The number of nitrogens with one attached hydrogen (secondary N) is 2. The highest BCUT2D eigenvalue weighted by atomic mass is 16.2. The van der Waals surface area contributed by atoms with E-state index in [1.54, 1.807) is 0 Å². The Morgan fingerprint density at radius 1 is 1.19 bits per heavy atom. The molecule has 6 N–H and O–H groups in total. The minimum absolute atomic E-state index is 0.0366. The third kappa shape index (κ3) is 4.92. The third-order valence-corrected chi connectivity index (χ3v) is 7.37. The van der Waals surface area contributed by atoms with Crippen LogP contribution >= 0.6 is 0 Å². The molecule has 3 aromatic rings. The highest BCUT2D eigenvalue weighted by Gasteiger charge is 2.46. The van der Waals surface area contributed by atoms with E-state index in [4.69, 9.17) is 10.5 Å². The number of amides is 3. The van der Waals surface area contributed by atoms with Gasteiger partial charge < -0.3 is 31.6 Å². The summed E-state index contributed by atoms with van der Waals surface area (Å²) in [5.74, 6) is -0.351. The van der Waals surface area contributed by atoms with Gasteiger partial charge in [-0.25, -0.2) is 0 Å². The Hall–Kier alpha value is -3.85. The van der Waals surface area contributed by atoms with Gasteiger partial charge in [-0.2, -0.15) is 0 Å². The van der Waals surface area contributed by atoms with Crippen molar-refractivity contribution in [2.24, 2.45) is 11.5 Å². The molecule has 2 aliphatic heterocycles. The number of piperidine rings is 1. The number of carbonyl (C=O) groups excluding carboxylic acids is 3. The summed E-state index contributed by atoms with van der Waals surface area (Å²) in [6.45, 7) is 1.22. The van der Waals surface area contributed by atoms with E-state index in [0.717, 1.165) is 35.7 Å². The molecule has 2 atom stereocenters. The summed E-state index contributed by atoms with van der Waals surface area (Å²) in [5, 5.41) is 3.96. The topological polar surface area (TPSA) is 138 Å². The predicted octanol–water partition coefficient (Wildman–Crippen LogP) is 1.31. The van der Waals surface area contributed by atoms with E-state index in [1.807, 2.05) is 35.4 Å². The van der Waals surface area contributed by atoms with Crippen molar-refractivity contribution < 1.29 is 14.4 Å². The number of hydrogen-bond donors (Lipinski definition) is 4. The van der Waals surface area contributed by atoms with Crippen LogP contribution in [0.15, 0.2) is 54.7 Å². The summed E-state index contributed by atoms with van der Waals surface area (Å²) in [7, 11) is 2.14. The van der Waals surface area contributed by atoms with Gasteiger partial charge >= 0.3 is 0 Å². The molecule has 1 saturated heterocycles. The minimum Gasteiger partial charge on any atom is -0.372 e. The van der Waals surface area contributed by atoms with E-state index in [1.165, 1.54) is 11.3 Å². The van der Waals surface area contributed by atoms with Crippen LogP contribution in [0.2, 0.25) is 0 Å². The molecule has 1 aromatic heterocycles. The Kier molecular flexibility index (Phi) is 7.59. The number of benzene rings is 2. The molecule has 1 fully saturated rings. The highest BCUT2D eigenvalue weighted by molar-refractivity contribution is 5.90. The van der Waals surface area contributed by atoms with E-state index in [9.17, 15) is 9.59 Å². The number of aromatic nitrogens is 1. The number of H-pyrrole nitrogens is 1. The zero-order valence-corrected chi connectivity index (χ0v) is 20.6. The number of hydrogen-bond acceptors (Lipinski definition) is 5. The number of para-hydroxylation sites is 2. The van der Waals surface area contributed by atoms with Gasteiger partial charge in [0.15, 0.2) is 0 Å². The van der Waals surface area contributed by atoms with Gasteiger partial charge in [-0.05, 0) is 42.5 Å². The monoisotopic (exact) mass is 490 g/mol. The van der Waals surface area contributed by atoms with Crippen molar-refractivity contribution in [3.05, 3.63) is 65.9 Å². The van der Waals surface area contributed by atoms with Crippen LogP contribution in [0.5, 0.6) is 0 Å². The van der Waals surface area contributed by atoms with E-state index in [0.29, 0.717) is 19.5 Å². The van der Waals surface area contributed by atoms with Crippen molar-refractivity contribution in [1.82, 2.24) is 15.2 Å². The number of nitrogens with two attached hydrogens (primary N) is 2. The van der Waals surface area contributed by atoms with Crippen molar-refractivity contribution in [3.63, 3.8) is 0 Å². The van der Waals surface area contributed by atoms with Crippen molar-refractivity contribution in [2.45, 2.75) is 37.3 Å². The molecule has 2 aromatic carbocycles. The van der Waals surface area contributed by atoms with Crippen LogP contribution in [0.1, 0.15) is 24.0 Å². The summed E-state index contributed by atoms with van der Waals surface area (Å²) in [4.78, 5) is 42.2. The molecule has 3 heterocycles. The molecule has 0 saturated carbocycles. The molecule has 190 valence electrons. The molecular formula is C27H34N6O3. The van der Waals surface area contributed by atoms with E-state index >= 15 is 0 Å². The zero-order valence-electron chi connectivity index (χ0n) is 20.6. The quantitative estimate of drug-likeness (QED) is 0.400. The van der Waals surface area contributed by atoms with Gasteiger partial charge in [0.2, 0.25) is 18.2 Å². The summed E-state index contributed by atoms with van der Waals surface area (Å²) in [5.41, 5.74) is 14.3. The first-order chi connectivity index (χ1) is 17.4. The smallest absolute Gasteiger partial charge is 0.245 e. The van der Waals surface area contributed by atoms with Crippen LogP contribution in [0, 0.1) is 0 Å². The third-order valence-electron chi connectivity index (χ3n) is 7.37. The number of anilines is 1. The first-order valence-electron chi connectivity index (χ1n) is 12.2. The van der Waals surface area contributed by atoms with Gasteiger partial charge in [-0.1, -0.05) is 36.4 Å². The fraction of sp³-hybridized carbons (Fsp3) is 0.370. The maximum Gasteiger partial charge on any atom is 0.245 e. The van der Waals surface area contributed by atoms with Gasteiger partial charge in [-0.3, -0.25) is 14.4 Å². The second kappa shape index (κ2) is 10.8. The lowest BCUT2D eigenvalue weighted by molar-refractivity contribution is -0.138. The molecule has 0 aliphatic carbocycles. The summed E-state index contributed by atoms with van der Waals surface area (Å²) in [6, 6.07) is 15.8. The van der Waals surface area contributed by atoms with Crippen LogP contribution in [0.3, 0.4) is 0 Å². The average molecular weight is 491 g/mol. The van der Waals surface area contributed by atoms with E-state index < -0.39 is 6.04 Å². The maximum atomic E-state index is 13.8. The van der Waals surface area contributed by atoms with Gasteiger partial charge in [0.1, 0.15) is 6.04 Å². The molecule has 2 aliphatic rings. The Balaban J connectivity index is 0.000000967. The van der Waals surface area contributed by atoms with E-state index in [-0.39, 0.29) is 30.3 Å². The van der Waals surface area contributed by atoms with Crippen molar-refractivity contribution >= 4 is 34.8 Å². The maximum absolute atomic E-state index is 13.8. The lowest BCUT2D eigenvalue weighted by Crippen LogP contribution is -2.61. The van der Waals surface area contributed by atoms with Crippen molar-refractivity contribution in [1.29, 1.82) is 0 Å². The van der Waals surface area contributed by atoms with Crippen molar-refractivity contribution in [2.75, 3.05) is 31.6 Å². The summed E-state index contributed by atoms with van der Waals surface area (Å²) < 4.78 is 0. The molecule has 36 heavy (non-hydrogen) atoms. The highest BCUT2D eigenvalue weighted by Crippen LogP contribution is 2.42. The molecular weight excluding hydrogens is 456 g/mol. The molecule has 9 heteroatoms. The predicted molar refractivity (Wildman–Crippen MR) is 140 cm³/mol. The minimum atomic E-state index is -0.649.